The molecule has 0 rings (SSSR count). The Hall–Kier alpha value is 0.150. The summed E-state index contributed by atoms with van der Waals surface area (Å²) in [6, 6.07) is 0. The van der Waals surface area contributed by atoms with Crippen molar-refractivity contribution in [1.29, 1.82) is 0 Å². The maximum Gasteiger partial charge on any atom is 0.319 e. The van der Waals surface area contributed by atoms with Crippen LogP contribution in [0.3, 0.4) is 0 Å². The lowest BCUT2D eigenvalue weighted by molar-refractivity contribution is 0.156. The topological polar surface area (TPSA) is 35.5 Å². The van der Waals surface area contributed by atoms with E-state index in [1.165, 1.54) is 0 Å². The van der Waals surface area contributed by atoms with Crippen molar-refractivity contribution < 1.29 is 13.6 Å². The van der Waals surface area contributed by atoms with Crippen LogP contribution in [0.1, 0.15) is 46.5 Å². The van der Waals surface area contributed by atoms with Gasteiger partial charge in [-0.25, -0.2) is 0 Å². The molecule has 0 spiro atoms. The highest BCUT2D eigenvalue weighted by Gasteiger charge is 2.08. The molecule has 0 saturated carbocycles. The van der Waals surface area contributed by atoms with Crippen LogP contribution in [0.4, 0.5) is 0 Å². The van der Waals surface area contributed by atoms with E-state index in [0.717, 1.165) is 25.7 Å². The van der Waals surface area contributed by atoms with E-state index < -0.39 is 8.25 Å². The van der Waals surface area contributed by atoms with Crippen LogP contribution in [0, 0.1) is 0 Å². The largest absolute Gasteiger partial charge is 0.319 e. The highest BCUT2D eigenvalue weighted by Crippen LogP contribution is 2.28. The zero-order valence-corrected chi connectivity index (χ0v) is 9.84. The fraction of sp³-hybridized carbons (Fsp3) is 1.00. The molecule has 0 aliphatic rings. The Kier molecular flexibility index (Phi) is 8.84. The molecule has 0 aromatic rings. The minimum Gasteiger partial charge on any atom is -0.311 e. The van der Waals surface area contributed by atoms with Crippen LogP contribution in [0.2, 0.25) is 0 Å². The van der Waals surface area contributed by atoms with Gasteiger partial charge in [-0.3, -0.25) is 4.57 Å². The van der Waals surface area contributed by atoms with Gasteiger partial charge in [-0.05, 0) is 19.3 Å². The molecule has 0 aliphatic heterocycles. The molecule has 3 nitrogen and oxygen atoms in total. The molecule has 0 N–H and O–H groups in total. The molecule has 0 fully saturated rings. The molecule has 1 unspecified atom stereocenters. The summed E-state index contributed by atoms with van der Waals surface area (Å²) in [5.41, 5.74) is 0. The van der Waals surface area contributed by atoms with E-state index in [1.807, 2.05) is 13.8 Å². The van der Waals surface area contributed by atoms with Crippen LogP contribution < -0.4 is 0 Å². The van der Waals surface area contributed by atoms with Crippen molar-refractivity contribution in [3.63, 3.8) is 0 Å². The van der Waals surface area contributed by atoms with Gasteiger partial charge in [-0.1, -0.05) is 27.2 Å². The Balaban J connectivity index is 3.48. The molecule has 0 radical (unpaired) electrons. The van der Waals surface area contributed by atoms with Crippen molar-refractivity contribution in [3.05, 3.63) is 0 Å². The van der Waals surface area contributed by atoms with Gasteiger partial charge in [-0.15, -0.1) is 0 Å². The molecule has 0 amide bonds. The van der Waals surface area contributed by atoms with E-state index in [4.69, 9.17) is 9.05 Å². The molecular formula is C9H21O3P. The summed E-state index contributed by atoms with van der Waals surface area (Å²) >= 11 is 0. The van der Waals surface area contributed by atoms with Gasteiger partial charge < -0.3 is 9.05 Å². The monoisotopic (exact) mass is 208 g/mol. The first-order valence-electron chi connectivity index (χ1n) is 5.07. The average Bonchev–Trinajstić information content (AvgIpc) is 2.14. The highest BCUT2D eigenvalue weighted by atomic mass is 31.1. The van der Waals surface area contributed by atoms with Crippen molar-refractivity contribution in [2.75, 3.05) is 6.61 Å². The number of unbranched alkanes of at least 4 members (excludes halogenated alkanes) is 1. The fourth-order valence-corrected chi connectivity index (χ4v) is 1.91. The molecule has 80 valence electrons. The molecular weight excluding hydrogens is 187 g/mol. The Morgan fingerprint density at radius 2 is 1.85 bits per heavy atom. The van der Waals surface area contributed by atoms with E-state index in [9.17, 15) is 4.57 Å². The second-order valence-electron chi connectivity index (χ2n) is 3.01. The number of hydrogen-bond acceptors (Lipinski definition) is 3. The van der Waals surface area contributed by atoms with E-state index in [0.29, 0.717) is 6.61 Å². The lowest BCUT2D eigenvalue weighted by Crippen LogP contribution is -2.05. The second-order valence-corrected chi connectivity index (χ2v) is 4.03. The first kappa shape index (κ1) is 13.2. The predicted molar refractivity (Wildman–Crippen MR) is 55.3 cm³/mol. The van der Waals surface area contributed by atoms with Gasteiger partial charge in [0, 0.05) is 0 Å². The molecule has 0 aliphatic carbocycles. The zero-order valence-electron chi connectivity index (χ0n) is 8.84. The van der Waals surface area contributed by atoms with Crippen LogP contribution in [-0.2, 0) is 13.6 Å². The first-order valence-corrected chi connectivity index (χ1v) is 6.30. The molecule has 0 aromatic heterocycles. The molecule has 0 bridgehead atoms. The third-order valence-electron chi connectivity index (χ3n) is 1.89. The molecule has 13 heavy (non-hydrogen) atoms. The van der Waals surface area contributed by atoms with Gasteiger partial charge >= 0.3 is 8.25 Å². The third kappa shape index (κ3) is 7.24. The average molecular weight is 208 g/mol. The van der Waals surface area contributed by atoms with Crippen molar-refractivity contribution in [2.24, 2.45) is 0 Å². The fourth-order valence-electron chi connectivity index (χ4n) is 0.925. The van der Waals surface area contributed by atoms with Crippen LogP contribution in [0.25, 0.3) is 0 Å². The van der Waals surface area contributed by atoms with Gasteiger partial charge in [0.1, 0.15) is 0 Å². The van der Waals surface area contributed by atoms with Gasteiger partial charge in [0.05, 0.1) is 12.7 Å². The minimum absolute atomic E-state index is 0.0908. The van der Waals surface area contributed by atoms with Crippen LogP contribution >= 0.6 is 8.25 Å². The Labute approximate surface area is 81.8 Å². The Morgan fingerprint density at radius 3 is 2.31 bits per heavy atom. The van der Waals surface area contributed by atoms with Crippen LogP contribution in [-0.4, -0.2) is 12.7 Å². The van der Waals surface area contributed by atoms with Crippen molar-refractivity contribution in [3.8, 4) is 0 Å². The maximum atomic E-state index is 11.2. The number of hydrogen-bond donors (Lipinski definition) is 0. The summed E-state index contributed by atoms with van der Waals surface area (Å²) in [6.07, 6.45) is 3.88. The quantitative estimate of drug-likeness (QED) is 0.453. The summed E-state index contributed by atoms with van der Waals surface area (Å²) in [6.45, 7) is 6.67. The Bertz CT molecular complexity index is 135. The van der Waals surface area contributed by atoms with Gasteiger partial charge in [-0.2, -0.15) is 0 Å². The van der Waals surface area contributed by atoms with Crippen molar-refractivity contribution in [1.82, 2.24) is 0 Å². The molecule has 4 heteroatoms. The molecule has 0 saturated heterocycles. The van der Waals surface area contributed by atoms with Crippen molar-refractivity contribution >= 4 is 8.25 Å². The maximum absolute atomic E-state index is 11.2. The normalized spacial score (nSPS) is 13.5. The third-order valence-corrected chi connectivity index (χ3v) is 2.86. The van der Waals surface area contributed by atoms with Crippen molar-refractivity contribution in [2.45, 2.75) is 52.6 Å². The van der Waals surface area contributed by atoms with Gasteiger partial charge in [0.15, 0.2) is 0 Å². The van der Waals surface area contributed by atoms with Crippen LogP contribution in [0.15, 0.2) is 0 Å². The molecule has 1 atom stereocenters. The SMILES string of the molecule is CCCCO[PH](=O)OC(CC)CC. The standard InChI is InChI=1S/C9H21O3P/c1-4-7-8-11-13(10)12-9(5-2)6-3/h9,13H,4-8H2,1-3H3. The highest BCUT2D eigenvalue weighted by molar-refractivity contribution is 7.33. The smallest absolute Gasteiger partial charge is 0.311 e. The minimum atomic E-state index is -2.24. The second kappa shape index (κ2) is 8.74. The summed E-state index contributed by atoms with van der Waals surface area (Å²) in [4.78, 5) is 0. The van der Waals surface area contributed by atoms with E-state index in [-0.39, 0.29) is 6.10 Å². The summed E-state index contributed by atoms with van der Waals surface area (Å²) in [7, 11) is -2.24. The summed E-state index contributed by atoms with van der Waals surface area (Å²) in [5.74, 6) is 0. The number of rotatable bonds is 8. The van der Waals surface area contributed by atoms with Crippen LogP contribution in [0.5, 0.6) is 0 Å². The van der Waals surface area contributed by atoms with E-state index in [1.54, 1.807) is 0 Å². The predicted octanol–water partition coefficient (Wildman–Crippen LogP) is 3.40. The summed E-state index contributed by atoms with van der Waals surface area (Å²) < 4.78 is 21.4. The van der Waals surface area contributed by atoms with Gasteiger partial charge in [0.25, 0.3) is 0 Å². The molecule has 0 heterocycles. The van der Waals surface area contributed by atoms with E-state index >= 15 is 0 Å². The van der Waals surface area contributed by atoms with Gasteiger partial charge in [0.2, 0.25) is 0 Å². The summed E-state index contributed by atoms with van der Waals surface area (Å²) in [5, 5.41) is 0. The zero-order chi connectivity index (χ0) is 10.1. The first-order chi connectivity index (χ1) is 6.24. The lowest BCUT2D eigenvalue weighted by atomic mass is 10.2. The molecule has 0 aromatic carbocycles. The lowest BCUT2D eigenvalue weighted by Gasteiger charge is -2.12. The van der Waals surface area contributed by atoms with E-state index in [2.05, 4.69) is 6.92 Å². The Morgan fingerprint density at radius 1 is 1.23 bits per heavy atom.